The lowest BCUT2D eigenvalue weighted by Crippen LogP contribution is -2.42. The molecular weight excluding hydrogens is 428 g/mol. The van der Waals surface area contributed by atoms with E-state index in [4.69, 9.17) is 4.42 Å². The fourth-order valence-electron chi connectivity index (χ4n) is 4.32. The Kier molecular flexibility index (Phi) is 5.23. The van der Waals surface area contributed by atoms with Crippen LogP contribution in [0.3, 0.4) is 0 Å². The number of hydrogen-bond acceptors (Lipinski definition) is 6. The number of oxazole rings is 1. The van der Waals surface area contributed by atoms with Crippen molar-refractivity contribution in [3.05, 3.63) is 46.2 Å². The third-order valence-electron chi connectivity index (χ3n) is 6.00. The number of aromatic nitrogens is 3. The lowest BCUT2D eigenvalue weighted by atomic mass is 10.1. The van der Waals surface area contributed by atoms with E-state index < -0.39 is 11.7 Å². The second-order valence-corrected chi connectivity index (χ2v) is 8.50. The third kappa shape index (κ3) is 4.01. The zero-order valence-corrected chi connectivity index (χ0v) is 18.2. The van der Waals surface area contributed by atoms with E-state index in [9.17, 15) is 19.2 Å². The first-order valence-electron chi connectivity index (χ1n) is 11.0. The van der Waals surface area contributed by atoms with E-state index in [2.05, 4.69) is 15.7 Å². The molecule has 1 fully saturated rings. The van der Waals surface area contributed by atoms with Crippen molar-refractivity contribution < 1.29 is 18.8 Å². The maximum absolute atomic E-state index is 12.8. The predicted molar refractivity (Wildman–Crippen MR) is 118 cm³/mol. The molecule has 3 amide bonds. The Bertz CT molecular complexity index is 1310. The fourth-order valence-corrected chi connectivity index (χ4v) is 4.32. The van der Waals surface area contributed by atoms with Gasteiger partial charge < -0.3 is 20.0 Å². The van der Waals surface area contributed by atoms with E-state index >= 15 is 0 Å². The van der Waals surface area contributed by atoms with Crippen molar-refractivity contribution in [2.75, 3.05) is 18.4 Å². The fraction of sp³-hybridized carbons (Fsp3) is 0.409. The molecule has 0 spiro atoms. The number of benzene rings is 1. The van der Waals surface area contributed by atoms with Gasteiger partial charge in [0, 0.05) is 30.9 Å². The van der Waals surface area contributed by atoms with Crippen LogP contribution in [0.4, 0.5) is 5.69 Å². The molecule has 2 N–H and O–H groups in total. The summed E-state index contributed by atoms with van der Waals surface area (Å²) in [7, 11) is 0. The minimum Gasteiger partial charge on any atom is -0.408 e. The summed E-state index contributed by atoms with van der Waals surface area (Å²) in [4.78, 5) is 51.7. The topological polar surface area (TPSA) is 131 Å². The number of nitrogens with one attached hydrogen (secondary N) is 2. The molecule has 2 aliphatic rings. The van der Waals surface area contributed by atoms with Crippen LogP contribution >= 0.6 is 0 Å². The molecule has 4 heterocycles. The number of fused-ring (bicyclic) bond motifs is 2. The van der Waals surface area contributed by atoms with Gasteiger partial charge in [-0.15, -0.1) is 0 Å². The van der Waals surface area contributed by atoms with Crippen molar-refractivity contribution in [1.29, 1.82) is 0 Å². The molecule has 0 radical (unpaired) electrons. The first-order chi connectivity index (χ1) is 15.9. The van der Waals surface area contributed by atoms with Gasteiger partial charge in [0.15, 0.2) is 11.3 Å². The number of hydrogen-bond donors (Lipinski definition) is 2. The van der Waals surface area contributed by atoms with Crippen LogP contribution in [0, 0.1) is 0 Å². The van der Waals surface area contributed by atoms with E-state index in [0.29, 0.717) is 42.1 Å². The number of rotatable bonds is 4. The molecule has 33 heavy (non-hydrogen) atoms. The number of piperidine rings is 1. The monoisotopic (exact) mass is 452 g/mol. The van der Waals surface area contributed by atoms with Gasteiger partial charge in [0.1, 0.15) is 12.2 Å². The highest BCUT2D eigenvalue weighted by Gasteiger charge is 2.26. The highest BCUT2D eigenvalue weighted by atomic mass is 16.4. The lowest BCUT2D eigenvalue weighted by Gasteiger charge is -2.26. The Balaban J connectivity index is 1.37. The van der Waals surface area contributed by atoms with Crippen molar-refractivity contribution in [2.24, 2.45) is 0 Å². The van der Waals surface area contributed by atoms with E-state index in [-0.39, 0.29) is 30.1 Å². The van der Waals surface area contributed by atoms with Gasteiger partial charge in [0.25, 0.3) is 11.8 Å². The zero-order valence-electron chi connectivity index (χ0n) is 18.2. The third-order valence-corrected chi connectivity index (χ3v) is 6.00. The molecule has 2 aliphatic heterocycles. The molecule has 172 valence electrons. The van der Waals surface area contributed by atoms with E-state index in [0.717, 1.165) is 19.3 Å². The summed E-state index contributed by atoms with van der Waals surface area (Å²) >= 11 is 0. The van der Waals surface area contributed by atoms with Gasteiger partial charge in [-0.1, -0.05) is 0 Å². The van der Waals surface area contributed by atoms with Gasteiger partial charge in [-0.3, -0.25) is 23.6 Å². The average molecular weight is 452 g/mol. The van der Waals surface area contributed by atoms with Gasteiger partial charge in [-0.25, -0.2) is 4.79 Å². The average Bonchev–Trinajstić information content (AvgIpc) is 3.36. The van der Waals surface area contributed by atoms with Gasteiger partial charge in [0.2, 0.25) is 5.91 Å². The van der Waals surface area contributed by atoms with E-state index in [1.807, 2.05) is 6.92 Å². The summed E-state index contributed by atoms with van der Waals surface area (Å²) in [5.41, 5.74) is 1.59. The first-order valence-corrected chi connectivity index (χ1v) is 11.0. The molecule has 1 aromatic carbocycles. The van der Waals surface area contributed by atoms with Crippen LogP contribution in [-0.4, -0.2) is 56.1 Å². The summed E-state index contributed by atoms with van der Waals surface area (Å²) in [5, 5.41) is 9.78. The van der Waals surface area contributed by atoms with E-state index in [1.165, 1.54) is 15.3 Å². The maximum Gasteiger partial charge on any atom is 0.420 e. The standard InChI is InChI=1S/C22H24N6O5/c1-13-11-28-17(21(31)23-13)10-15(25-28)20(30)24-14-5-6-18-16(9-14)27(22(32)33-18)12-19(29)26-7-3-2-4-8-26/h5-6,9-10,13H,2-4,7-8,11-12H2,1H3,(H,23,31)(H,24,30). The van der Waals surface area contributed by atoms with Gasteiger partial charge >= 0.3 is 5.76 Å². The van der Waals surface area contributed by atoms with Crippen LogP contribution in [0.25, 0.3) is 11.1 Å². The number of carbonyl (C=O) groups is 3. The molecule has 1 unspecified atom stereocenters. The zero-order chi connectivity index (χ0) is 23.1. The van der Waals surface area contributed by atoms with Crippen molar-refractivity contribution >= 4 is 34.5 Å². The summed E-state index contributed by atoms with van der Waals surface area (Å²) < 4.78 is 8.07. The summed E-state index contributed by atoms with van der Waals surface area (Å²) in [6.07, 6.45) is 3.02. The van der Waals surface area contributed by atoms with Crippen LogP contribution in [0.5, 0.6) is 0 Å². The molecule has 11 nitrogen and oxygen atoms in total. The molecule has 2 aromatic heterocycles. The van der Waals surface area contributed by atoms with Crippen LogP contribution < -0.4 is 16.4 Å². The molecule has 0 saturated carbocycles. The highest BCUT2D eigenvalue weighted by Crippen LogP contribution is 2.20. The lowest BCUT2D eigenvalue weighted by molar-refractivity contribution is -0.132. The molecule has 1 saturated heterocycles. The number of amides is 3. The molecule has 3 aromatic rings. The van der Waals surface area contributed by atoms with Crippen LogP contribution in [0.2, 0.25) is 0 Å². The summed E-state index contributed by atoms with van der Waals surface area (Å²) in [5.74, 6) is -1.52. The Morgan fingerprint density at radius 2 is 1.97 bits per heavy atom. The number of nitrogens with zero attached hydrogens (tertiary/aromatic N) is 4. The predicted octanol–water partition coefficient (Wildman–Crippen LogP) is 1.19. The van der Waals surface area contributed by atoms with Gasteiger partial charge in [-0.2, -0.15) is 5.10 Å². The van der Waals surface area contributed by atoms with Crippen molar-refractivity contribution in [2.45, 2.75) is 45.3 Å². The molecule has 1 atom stereocenters. The van der Waals surface area contributed by atoms with Gasteiger partial charge in [0.05, 0.1) is 12.1 Å². The quantitative estimate of drug-likeness (QED) is 0.611. The normalized spacial score (nSPS) is 18.2. The Morgan fingerprint density at radius 3 is 2.76 bits per heavy atom. The molecule has 11 heteroatoms. The molecular formula is C22H24N6O5. The molecule has 0 aliphatic carbocycles. The second kappa shape index (κ2) is 8.23. The van der Waals surface area contributed by atoms with Crippen LogP contribution in [-0.2, 0) is 17.9 Å². The highest BCUT2D eigenvalue weighted by molar-refractivity contribution is 6.05. The first kappa shape index (κ1) is 21.0. The Morgan fingerprint density at radius 1 is 1.18 bits per heavy atom. The Labute approximate surface area is 188 Å². The van der Waals surface area contributed by atoms with Crippen molar-refractivity contribution in [3.8, 4) is 0 Å². The van der Waals surface area contributed by atoms with Crippen LogP contribution in [0.15, 0.2) is 33.5 Å². The number of anilines is 1. The van der Waals surface area contributed by atoms with Gasteiger partial charge in [-0.05, 0) is 44.4 Å². The number of carbonyl (C=O) groups excluding carboxylic acids is 3. The maximum atomic E-state index is 12.8. The van der Waals surface area contributed by atoms with Crippen LogP contribution in [0.1, 0.15) is 47.2 Å². The summed E-state index contributed by atoms with van der Waals surface area (Å²) in [6.45, 7) is 3.60. The Hall–Kier alpha value is -3.89. The largest absolute Gasteiger partial charge is 0.420 e. The summed E-state index contributed by atoms with van der Waals surface area (Å²) in [6, 6.07) is 6.13. The van der Waals surface area contributed by atoms with Crippen molar-refractivity contribution in [3.63, 3.8) is 0 Å². The SMILES string of the molecule is CC1Cn2nc(C(=O)Nc3ccc4oc(=O)n(CC(=O)N5CCCCC5)c4c3)cc2C(=O)N1. The minimum atomic E-state index is -0.624. The second-order valence-electron chi connectivity index (χ2n) is 8.50. The van der Waals surface area contributed by atoms with E-state index in [1.54, 1.807) is 23.1 Å². The minimum absolute atomic E-state index is 0.0753. The number of likely N-dealkylation sites (tertiary alicyclic amines) is 1. The smallest absolute Gasteiger partial charge is 0.408 e. The molecule has 0 bridgehead atoms. The molecule has 5 rings (SSSR count). The van der Waals surface area contributed by atoms with Crippen molar-refractivity contribution in [1.82, 2.24) is 24.6 Å².